The molecule has 0 aliphatic carbocycles. The maximum atomic E-state index is 13.2. The monoisotopic (exact) mass is 436 g/mol. The van der Waals surface area contributed by atoms with Gasteiger partial charge in [-0.1, -0.05) is 24.3 Å². The Kier molecular flexibility index (Phi) is 6.21. The Morgan fingerprint density at radius 3 is 2.92 bits per heavy atom. The molecule has 0 fully saturated rings. The molecule has 0 saturated carbocycles. The number of amides is 1. The van der Waals surface area contributed by atoms with E-state index in [0.717, 1.165) is 16.6 Å². The number of anilines is 1. The number of nitrogens with one attached hydrogen (secondary N) is 1. The predicted molar refractivity (Wildman–Crippen MR) is 106 cm³/mol. The van der Waals surface area contributed by atoms with Crippen molar-refractivity contribution in [3.05, 3.63) is 52.3 Å². The van der Waals surface area contributed by atoms with Crippen molar-refractivity contribution in [1.29, 1.82) is 0 Å². The first-order valence-corrected chi connectivity index (χ1v) is 9.93. The van der Waals surface area contributed by atoms with Crippen LogP contribution in [0.5, 0.6) is 5.75 Å². The average Bonchev–Trinajstić information content (AvgIpc) is 3.00. The van der Waals surface area contributed by atoms with Gasteiger partial charge in [0.2, 0.25) is 5.91 Å². The van der Waals surface area contributed by atoms with E-state index in [1.165, 1.54) is 29.0 Å². The predicted octanol–water partition coefficient (Wildman–Crippen LogP) is 5.56. The van der Waals surface area contributed by atoms with Crippen LogP contribution in [0.25, 0.3) is 10.2 Å². The second-order valence-electron chi connectivity index (χ2n) is 5.75. The molecule has 0 spiro atoms. The number of thiazole rings is 1. The summed E-state index contributed by atoms with van der Waals surface area (Å²) >= 11 is 4.76. The minimum Gasteiger partial charge on any atom is -0.492 e. The van der Waals surface area contributed by atoms with Crippen molar-refractivity contribution in [2.75, 3.05) is 11.9 Å². The van der Waals surface area contributed by atoms with Crippen molar-refractivity contribution in [3.8, 4) is 5.75 Å². The van der Waals surface area contributed by atoms with Crippen LogP contribution in [0.4, 0.5) is 9.52 Å². The number of carbonyl (C=O) groups excluding carboxylic acids is 1. The van der Waals surface area contributed by atoms with Gasteiger partial charge in [0.15, 0.2) is 5.13 Å². The fourth-order valence-electron chi connectivity index (χ4n) is 2.43. The van der Waals surface area contributed by atoms with E-state index >= 15 is 0 Å². The third-order valence-corrected chi connectivity index (χ3v) is 5.36. The fourth-order valence-corrected chi connectivity index (χ4v) is 3.88. The minimum absolute atomic E-state index is 0.131. The van der Waals surface area contributed by atoms with Crippen LogP contribution in [0.1, 0.15) is 25.3 Å². The lowest BCUT2D eigenvalue weighted by Crippen LogP contribution is -2.12. The molecule has 0 atom stereocenters. The number of fused-ring (bicyclic) bond motifs is 1. The first-order valence-electron chi connectivity index (χ1n) is 8.32. The van der Waals surface area contributed by atoms with Crippen LogP contribution < -0.4 is 10.1 Å². The van der Waals surface area contributed by atoms with Crippen molar-refractivity contribution in [2.24, 2.45) is 0 Å². The van der Waals surface area contributed by atoms with E-state index in [4.69, 9.17) is 4.74 Å². The normalized spacial score (nSPS) is 10.9. The molecular formula is C19H18BrFN2O2S. The Hall–Kier alpha value is -1.99. The minimum atomic E-state index is -0.311. The van der Waals surface area contributed by atoms with Gasteiger partial charge in [0.25, 0.3) is 0 Å². The topological polar surface area (TPSA) is 51.2 Å². The van der Waals surface area contributed by atoms with Gasteiger partial charge in [0.05, 0.1) is 21.3 Å². The second kappa shape index (κ2) is 8.60. The summed E-state index contributed by atoms with van der Waals surface area (Å²) < 4.78 is 20.5. The molecule has 1 amide bonds. The van der Waals surface area contributed by atoms with Gasteiger partial charge >= 0.3 is 0 Å². The molecule has 2 aromatic carbocycles. The Bertz CT molecular complexity index is 929. The third kappa shape index (κ3) is 4.80. The Morgan fingerprint density at radius 1 is 1.31 bits per heavy atom. The molecule has 1 aromatic heterocycles. The zero-order valence-corrected chi connectivity index (χ0v) is 16.6. The highest BCUT2D eigenvalue weighted by molar-refractivity contribution is 9.10. The van der Waals surface area contributed by atoms with Gasteiger partial charge in [0, 0.05) is 6.42 Å². The highest BCUT2D eigenvalue weighted by Gasteiger charge is 2.09. The maximum absolute atomic E-state index is 13.2. The third-order valence-electron chi connectivity index (χ3n) is 3.81. The Balaban J connectivity index is 1.46. The lowest BCUT2D eigenvalue weighted by molar-refractivity contribution is -0.116. The Labute approximate surface area is 163 Å². The van der Waals surface area contributed by atoms with Crippen molar-refractivity contribution >= 4 is 48.5 Å². The number of halogens is 2. The molecule has 1 N–H and O–H groups in total. The van der Waals surface area contributed by atoms with Gasteiger partial charge in [0.1, 0.15) is 11.6 Å². The van der Waals surface area contributed by atoms with Gasteiger partial charge in [-0.05, 0) is 64.7 Å². The van der Waals surface area contributed by atoms with E-state index in [2.05, 4.69) is 33.2 Å². The number of nitrogens with zero attached hydrogens (tertiary/aromatic N) is 1. The molecule has 26 heavy (non-hydrogen) atoms. The summed E-state index contributed by atoms with van der Waals surface area (Å²) in [6.45, 7) is 2.55. The summed E-state index contributed by atoms with van der Waals surface area (Å²) in [5.41, 5.74) is 1.91. The summed E-state index contributed by atoms with van der Waals surface area (Å²) in [4.78, 5) is 16.3. The summed E-state index contributed by atoms with van der Waals surface area (Å²) in [7, 11) is 0. The lowest BCUT2D eigenvalue weighted by Gasteiger charge is -2.09. The quantitative estimate of drug-likeness (QED) is 0.493. The highest BCUT2D eigenvalue weighted by atomic mass is 79.9. The molecule has 3 rings (SSSR count). The number of benzene rings is 2. The van der Waals surface area contributed by atoms with Gasteiger partial charge < -0.3 is 10.1 Å². The lowest BCUT2D eigenvalue weighted by atomic mass is 10.2. The molecule has 0 unspecified atom stereocenters. The number of carbonyl (C=O) groups is 1. The molecule has 0 aliphatic heterocycles. The molecule has 3 aromatic rings. The number of ether oxygens (including phenoxy) is 1. The van der Waals surface area contributed by atoms with Gasteiger partial charge in [-0.25, -0.2) is 9.37 Å². The van der Waals surface area contributed by atoms with E-state index < -0.39 is 0 Å². The SMILES string of the molecule is CCc1ccc(OCCCC(=O)Nc2nc3ccc(F)cc3s2)c(Br)c1. The number of aromatic nitrogens is 1. The molecule has 0 saturated heterocycles. The summed E-state index contributed by atoms with van der Waals surface area (Å²) in [5, 5.41) is 3.24. The number of hydrogen-bond donors (Lipinski definition) is 1. The highest BCUT2D eigenvalue weighted by Crippen LogP contribution is 2.27. The molecule has 7 heteroatoms. The van der Waals surface area contributed by atoms with E-state index in [9.17, 15) is 9.18 Å². The average molecular weight is 437 g/mol. The zero-order valence-electron chi connectivity index (χ0n) is 14.2. The number of rotatable bonds is 7. The van der Waals surface area contributed by atoms with Crippen molar-refractivity contribution in [2.45, 2.75) is 26.2 Å². The first kappa shape index (κ1) is 18.8. The summed E-state index contributed by atoms with van der Waals surface area (Å²) in [5.74, 6) is 0.332. The summed E-state index contributed by atoms with van der Waals surface area (Å²) in [6, 6.07) is 10.4. The van der Waals surface area contributed by atoms with Gasteiger partial charge in [-0.15, -0.1) is 0 Å². The molecule has 1 heterocycles. The largest absolute Gasteiger partial charge is 0.492 e. The first-order chi connectivity index (χ1) is 12.5. The molecule has 0 aliphatic rings. The van der Waals surface area contributed by atoms with Crippen molar-refractivity contribution < 1.29 is 13.9 Å². The molecule has 0 radical (unpaired) electrons. The van der Waals surface area contributed by atoms with Crippen LogP contribution in [0.15, 0.2) is 40.9 Å². The van der Waals surface area contributed by atoms with E-state index in [-0.39, 0.29) is 11.7 Å². The van der Waals surface area contributed by atoms with E-state index in [1.54, 1.807) is 6.07 Å². The standard InChI is InChI=1S/C19H18BrFN2O2S/c1-2-12-5-8-16(14(20)10-12)25-9-3-4-18(24)23-19-22-15-7-6-13(21)11-17(15)26-19/h5-8,10-11H,2-4,9H2,1H3,(H,22,23,24). The second-order valence-corrected chi connectivity index (χ2v) is 7.63. The zero-order chi connectivity index (χ0) is 18.5. The molecule has 136 valence electrons. The van der Waals surface area contributed by atoms with Crippen LogP contribution in [0, 0.1) is 5.82 Å². The molecular weight excluding hydrogens is 419 g/mol. The molecule has 0 bridgehead atoms. The van der Waals surface area contributed by atoms with Crippen LogP contribution in [0.2, 0.25) is 0 Å². The van der Waals surface area contributed by atoms with E-state index in [1.807, 2.05) is 18.2 Å². The van der Waals surface area contributed by atoms with E-state index in [0.29, 0.717) is 34.8 Å². The number of aryl methyl sites for hydroxylation is 1. The van der Waals surface area contributed by atoms with Crippen LogP contribution in [0.3, 0.4) is 0 Å². The smallest absolute Gasteiger partial charge is 0.226 e. The van der Waals surface area contributed by atoms with Crippen LogP contribution in [-0.4, -0.2) is 17.5 Å². The number of hydrogen-bond acceptors (Lipinski definition) is 4. The van der Waals surface area contributed by atoms with Gasteiger partial charge in [-0.3, -0.25) is 4.79 Å². The van der Waals surface area contributed by atoms with Crippen LogP contribution >= 0.6 is 27.3 Å². The van der Waals surface area contributed by atoms with Crippen molar-refractivity contribution in [1.82, 2.24) is 4.98 Å². The van der Waals surface area contributed by atoms with Gasteiger partial charge in [-0.2, -0.15) is 0 Å². The Morgan fingerprint density at radius 2 is 2.15 bits per heavy atom. The van der Waals surface area contributed by atoms with Crippen LogP contribution in [-0.2, 0) is 11.2 Å². The van der Waals surface area contributed by atoms with Crippen molar-refractivity contribution in [3.63, 3.8) is 0 Å². The summed E-state index contributed by atoms with van der Waals surface area (Å²) in [6.07, 6.45) is 1.89. The maximum Gasteiger partial charge on any atom is 0.226 e. The fraction of sp³-hybridized carbons (Fsp3) is 0.263. The molecule has 4 nitrogen and oxygen atoms in total.